The predicted molar refractivity (Wildman–Crippen MR) is 89.6 cm³/mol. The first-order valence-electron chi connectivity index (χ1n) is 8.67. The first-order chi connectivity index (χ1) is 12.5. The summed E-state index contributed by atoms with van der Waals surface area (Å²) in [5, 5.41) is 5.36. The number of benzene rings is 1. The molecule has 2 aliphatic heterocycles. The van der Waals surface area contributed by atoms with Crippen LogP contribution in [0.2, 0.25) is 0 Å². The minimum absolute atomic E-state index is 0.0870. The highest BCUT2D eigenvalue weighted by Crippen LogP contribution is 2.32. The Kier molecular flexibility index (Phi) is 3.99. The number of rotatable bonds is 4. The van der Waals surface area contributed by atoms with E-state index in [-0.39, 0.29) is 36.0 Å². The number of carbonyl (C=O) groups excluding carboxylic acids is 4. The molecule has 1 aromatic carbocycles. The molecule has 2 N–H and O–H groups in total. The van der Waals surface area contributed by atoms with Crippen LogP contribution in [0, 0.1) is 0 Å². The van der Waals surface area contributed by atoms with E-state index in [1.807, 2.05) is 7.05 Å². The summed E-state index contributed by atoms with van der Waals surface area (Å²) in [6.07, 6.45) is 2.12. The Bertz CT molecular complexity index is 815. The molecule has 2 fully saturated rings. The summed E-state index contributed by atoms with van der Waals surface area (Å²) in [5.74, 6) is -1.50. The molecular formula is C18H19N3O5. The highest BCUT2D eigenvalue weighted by Gasteiger charge is 2.44. The molecule has 8 heteroatoms. The fourth-order valence-electron chi connectivity index (χ4n) is 3.61. The summed E-state index contributed by atoms with van der Waals surface area (Å²) in [6, 6.07) is 4.29. The maximum absolute atomic E-state index is 12.7. The summed E-state index contributed by atoms with van der Waals surface area (Å²) in [4.78, 5) is 49.6. The van der Waals surface area contributed by atoms with Crippen molar-refractivity contribution in [1.29, 1.82) is 0 Å². The monoisotopic (exact) mass is 357 g/mol. The molecule has 1 aromatic rings. The van der Waals surface area contributed by atoms with Gasteiger partial charge in [-0.2, -0.15) is 0 Å². The Balaban J connectivity index is 1.53. The lowest BCUT2D eigenvalue weighted by atomic mass is 9.89. The van der Waals surface area contributed by atoms with Gasteiger partial charge in [-0.1, -0.05) is 0 Å². The van der Waals surface area contributed by atoms with Crippen molar-refractivity contribution >= 4 is 23.6 Å². The second kappa shape index (κ2) is 6.21. The highest BCUT2D eigenvalue weighted by atomic mass is 16.5. The van der Waals surface area contributed by atoms with Crippen LogP contribution in [0.3, 0.4) is 0 Å². The molecule has 1 atom stereocenters. The predicted octanol–water partition coefficient (Wildman–Crippen LogP) is 0.217. The fourth-order valence-corrected chi connectivity index (χ4v) is 3.61. The molecule has 1 unspecified atom stereocenters. The molecule has 0 radical (unpaired) electrons. The van der Waals surface area contributed by atoms with E-state index >= 15 is 0 Å². The number of hydrogen-bond donors (Lipinski definition) is 2. The zero-order chi connectivity index (χ0) is 18.4. The molecule has 4 amide bonds. The molecule has 1 aliphatic carbocycles. The third-order valence-electron chi connectivity index (χ3n) is 5.22. The van der Waals surface area contributed by atoms with Crippen molar-refractivity contribution in [3.63, 3.8) is 0 Å². The number of piperidine rings is 1. The minimum atomic E-state index is -0.951. The summed E-state index contributed by atoms with van der Waals surface area (Å²) in [5.41, 5.74) is 0.496. The summed E-state index contributed by atoms with van der Waals surface area (Å²) < 4.78 is 5.86. The van der Waals surface area contributed by atoms with Crippen molar-refractivity contribution in [3.05, 3.63) is 29.3 Å². The first-order valence-corrected chi connectivity index (χ1v) is 8.67. The molecule has 1 saturated heterocycles. The third-order valence-corrected chi connectivity index (χ3v) is 5.22. The van der Waals surface area contributed by atoms with Crippen LogP contribution in [0.4, 0.5) is 0 Å². The quantitative estimate of drug-likeness (QED) is 0.747. The topological polar surface area (TPSA) is 105 Å². The number of nitrogens with one attached hydrogen (secondary N) is 2. The Morgan fingerprint density at radius 3 is 2.54 bits per heavy atom. The van der Waals surface area contributed by atoms with Crippen LogP contribution in [-0.4, -0.2) is 53.8 Å². The lowest BCUT2D eigenvalue weighted by Crippen LogP contribution is -2.54. The van der Waals surface area contributed by atoms with Crippen LogP contribution in [0.25, 0.3) is 0 Å². The van der Waals surface area contributed by atoms with Gasteiger partial charge >= 0.3 is 0 Å². The number of nitrogens with zero attached hydrogens (tertiary/aromatic N) is 1. The van der Waals surface area contributed by atoms with Gasteiger partial charge in [-0.25, -0.2) is 0 Å². The van der Waals surface area contributed by atoms with Gasteiger partial charge in [0.25, 0.3) is 11.8 Å². The Labute approximate surface area is 149 Å². The van der Waals surface area contributed by atoms with E-state index < -0.39 is 23.8 Å². The van der Waals surface area contributed by atoms with Crippen molar-refractivity contribution in [2.24, 2.45) is 0 Å². The molecule has 1 saturated carbocycles. The average Bonchev–Trinajstić information content (AvgIpc) is 2.82. The van der Waals surface area contributed by atoms with Crippen molar-refractivity contribution in [3.8, 4) is 5.75 Å². The van der Waals surface area contributed by atoms with E-state index in [1.165, 1.54) is 0 Å². The van der Waals surface area contributed by atoms with Gasteiger partial charge in [0.15, 0.2) is 0 Å². The smallest absolute Gasteiger partial charge is 0.262 e. The zero-order valence-corrected chi connectivity index (χ0v) is 14.3. The normalized spacial score (nSPS) is 27.9. The molecule has 0 spiro atoms. The third kappa shape index (κ3) is 2.66. The summed E-state index contributed by atoms with van der Waals surface area (Å²) >= 11 is 0. The van der Waals surface area contributed by atoms with Crippen molar-refractivity contribution in [2.75, 3.05) is 7.05 Å². The number of hydrogen-bond acceptors (Lipinski definition) is 6. The maximum atomic E-state index is 12.7. The molecule has 3 aliphatic rings. The molecular weight excluding hydrogens is 338 g/mol. The van der Waals surface area contributed by atoms with Gasteiger partial charge in [-0.15, -0.1) is 0 Å². The van der Waals surface area contributed by atoms with Gasteiger partial charge in [0, 0.05) is 12.5 Å². The Hall–Kier alpha value is -2.74. The SMILES string of the molecule is CN[C@H]1C[C@H](Oc2ccc3c(c2)C(=O)N(C2CCC(=O)NC2=O)C3=O)C1. The Morgan fingerprint density at radius 1 is 1.12 bits per heavy atom. The van der Waals surface area contributed by atoms with Gasteiger partial charge in [-0.05, 0) is 44.5 Å². The van der Waals surface area contributed by atoms with Crippen molar-refractivity contribution in [1.82, 2.24) is 15.5 Å². The van der Waals surface area contributed by atoms with Gasteiger partial charge in [0.1, 0.15) is 17.9 Å². The Morgan fingerprint density at radius 2 is 1.85 bits per heavy atom. The van der Waals surface area contributed by atoms with Crippen LogP contribution >= 0.6 is 0 Å². The van der Waals surface area contributed by atoms with E-state index in [9.17, 15) is 19.2 Å². The summed E-state index contributed by atoms with van der Waals surface area (Å²) in [6.45, 7) is 0. The average molecular weight is 357 g/mol. The second-order valence-corrected chi connectivity index (χ2v) is 6.85. The van der Waals surface area contributed by atoms with Crippen LogP contribution < -0.4 is 15.4 Å². The van der Waals surface area contributed by atoms with Gasteiger partial charge in [0.05, 0.1) is 11.1 Å². The van der Waals surface area contributed by atoms with Crippen LogP contribution in [0.15, 0.2) is 18.2 Å². The number of carbonyl (C=O) groups is 4. The first kappa shape index (κ1) is 16.7. The minimum Gasteiger partial charge on any atom is -0.490 e. The van der Waals surface area contributed by atoms with Gasteiger partial charge in [-0.3, -0.25) is 29.4 Å². The lowest BCUT2D eigenvalue weighted by Gasteiger charge is -2.35. The summed E-state index contributed by atoms with van der Waals surface area (Å²) in [7, 11) is 1.91. The molecule has 0 bridgehead atoms. The molecule has 8 nitrogen and oxygen atoms in total. The number of amides is 4. The van der Waals surface area contributed by atoms with E-state index in [4.69, 9.17) is 4.74 Å². The molecule has 2 heterocycles. The van der Waals surface area contributed by atoms with Gasteiger partial charge < -0.3 is 10.1 Å². The van der Waals surface area contributed by atoms with Crippen LogP contribution in [0.1, 0.15) is 46.4 Å². The van der Waals surface area contributed by atoms with E-state index in [2.05, 4.69) is 10.6 Å². The molecule has 4 rings (SSSR count). The maximum Gasteiger partial charge on any atom is 0.262 e. The van der Waals surface area contributed by atoms with Crippen molar-refractivity contribution in [2.45, 2.75) is 43.9 Å². The molecule has 0 aromatic heterocycles. The fraction of sp³-hybridized carbons (Fsp3) is 0.444. The van der Waals surface area contributed by atoms with E-state index in [0.717, 1.165) is 17.7 Å². The standard InChI is InChI=1S/C18H19N3O5/c1-19-9-6-11(7-9)26-10-2-3-12-13(8-10)18(25)21(17(12)24)14-4-5-15(22)20-16(14)23/h2-3,8-9,11,14,19H,4-7H2,1H3,(H,20,22,23)/t9-,11-,14?. The molecule has 136 valence electrons. The van der Waals surface area contributed by atoms with E-state index in [0.29, 0.717) is 11.8 Å². The van der Waals surface area contributed by atoms with Crippen LogP contribution in [0.5, 0.6) is 5.75 Å². The number of ether oxygens (including phenoxy) is 1. The van der Waals surface area contributed by atoms with E-state index in [1.54, 1.807) is 18.2 Å². The highest BCUT2D eigenvalue weighted by molar-refractivity contribution is 6.23. The van der Waals surface area contributed by atoms with Crippen LogP contribution in [-0.2, 0) is 9.59 Å². The lowest BCUT2D eigenvalue weighted by molar-refractivity contribution is -0.136. The second-order valence-electron chi connectivity index (χ2n) is 6.85. The largest absolute Gasteiger partial charge is 0.490 e. The number of imide groups is 2. The van der Waals surface area contributed by atoms with Gasteiger partial charge in [0.2, 0.25) is 11.8 Å². The van der Waals surface area contributed by atoms with Crippen molar-refractivity contribution < 1.29 is 23.9 Å². The molecule has 26 heavy (non-hydrogen) atoms. The number of fused-ring (bicyclic) bond motifs is 1. The zero-order valence-electron chi connectivity index (χ0n) is 14.3.